The normalized spacial score (nSPS) is 16.2. The molecule has 2 aromatic heterocycles. The van der Waals surface area contributed by atoms with Gasteiger partial charge in [0.2, 0.25) is 5.69 Å². The summed E-state index contributed by atoms with van der Waals surface area (Å²) in [5.41, 5.74) is 0.455. The topological polar surface area (TPSA) is 84.6 Å². The minimum atomic E-state index is -0.510. The van der Waals surface area contributed by atoms with Crippen LogP contribution in [0.15, 0.2) is 10.9 Å². The van der Waals surface area contributed by atoms with Gasteiger partial charge in [0.15, 0.2) is 0 Å². The number of ether oxygens (including phenoxy) is 1. The summed E-state index contributed by atoms with van der Waals surface area (Å²) in [4.78, 5) is 24.9. The second-order valence-corrected chi connectivity index (χ2v) is 5.05. The molecule has 0 atom stereocenters. The van der Waals surface area contributed by atoms with Crippen molar-refractivity contribution in [2.24, 2.45) is 0 Å². The molecule has 0 bridgehead atoms. The first-order valence-corrected chi connectivity index (χ1v) is 7.49. The fourth-order valence-corrected chi connectivity index (χ4v) is 2.63. The largest absolute Gasteiger partial charge is 0.461 e. The van der Waals surface area contributed by atoms with E-state index in [-0.39, 0.29) is 12.3 Å². The molecule has 1 fully saturated rings. The van der Waals surface area contributed by atoms with Gasteiger partial charge in [0.25, 0.3) is 5.71 Å². The van der Waals surface area contributed by atoms with Crippen LogP contribution in [0.1, 0.15) is 24.3 Å². The molecule has 3 rings (SSSR count). The van der Waals surface area contributed by atoms with Crippen molar-refractivity contribution in [1.29, 1.82) is 0 Å². The van der Waals surface area contributed by atoms with Crippen molar-refractivity contribution in [3.8, 4) is 0 Å². The van der Waals surface area contributed by atoms with Gasteiger partial charge < -0.3 is 19.1 Å². The first kappa shape index (κ1) is 14.7. The van der Waals surface area contributed by atoms with Gasteiger partial charge in [-0.05, 0) is 13.5 Å². The van der Waals surface area contributed by atoms with Crippen LogP contribution in [0, 0.1) is 0 Å². The van der Waals surface area contributed by atoms with E-state index in [4.69, 9.17) is 9.26 Å². The van der Waals surface area contributed by atoms with Crippen LogP contribution in [0.2, 0.25) is 0 Å². The van der Waals surface area contributed by atoms with E-state index in [1.54, 1.807) is 6.92 Å². The van der Waals surface area contributed by atoms with Crippen molar-refractivity contribution in [2.45, 2.75) is 13.8 Å². The van der Waals surface area contributed by atoms with Gasteiger partial charge in [-0.1, -0.05) is 12.1 Å². The molecule has 0 aromatic carbocycles. The molecule has 2 aromatic rings. The molecule has 0 amide bonds. The van der Waals surface area contributed by atoms with E-state index in [0.717, 1.165) is 32.7 Å². The van der Waals surface area contributed by atoms with Crippen molar-refractivity contribution in [3.63, 3.8) is 0 Å². The first-order chi connectivity index (χ1) is 10.7. The molecule has 8 heteroatoms. The lowest BCUT2D eigenvalue weighted by Gasteiger charge is -2.34. The maximum absolute atomic E-state index is 12.0. The number of carbonyl (C=O) groups is 1. The van der Waals surface area contributed by atoms with Gasteiger partial charge in [-0.15, -0.1) is 0 Å². The van der Waals surface area contributed by atoms with Crippen LogP contribution in [0.5, 0.6) is 0 Å². The standard InChI is InChI=1S/C14H19N5O3/c1-3-18-5-7-19(8-6-18)12-10-11(14(20)21-4-2)17-22-13(10)16-9-15-12/h9H,3-8H2,1-2H3. The van der Waals surface area contributed by atoms with E-state index >= 15 is 0 Å². The fraction of sp³-hybridized carbons (Fsp3) is 0.571. The third kappa shape index (κ3) is 2.61. The predicted octanol–water partition coefficient (Wildman–Crippen LogP) is 0.936. The number of aromatic nitrogens is 3. The first-order valence-electron chi connectivity index (χ1n) is 7.49. The van der Waals surface area contributed by atoms with E-state index in [0.29, 0.717) is 16.9 Å². The summed E-state index contributed by atoms with van der Waals surface area (Å²) < 4.78 is 10.2. The molecule has 8 nitrogen and oxygen atoms in total. The number of esters is 1. The molecular formula is C14H19N5O3. The summed E-state index contributed by atoms with van der Waals surface area (Å²) in [5.74, 6) is 0.176. The van der Waals surface area contributed by atoms with Gasteiger partial charge in [-0.2, -0.15) is 4.98 Å². The van der Waals surface area contributed by atoms with Gasteiger partial charge in [0.1, 0.15) is 17.5 Å². The summed E-state index contributed by atoms with van der Waals surface area (Å²) in [7, 11) is 0. The van der Waals surface area contributed by atoms with Crippen molar-refractivity contribution in [1.82, 2.24) is 20.0 Å². The average molecular weight is 305 g/mol. The Hall–Kier alpha value is -2.22. The second-order valence-electron chi connectivity index (χ2n) is 5.05. The molecular weight excluding hydrogens is 286 g/mol. The Morgan fingerprint density at radius 1 is 1.27 bits per heavy atom. The van der Waals surface area contributed by atoms with Crippen LogP contribution in [0.3, 0.4) is 0 Å². The number of carbonyl (C=O) groups excluding carboxylic acids is 1. The molecule has 1 aliphatic heterocycles. The summed E-state index contributed by atoms with van der Waals surface area (Å²) in [5, 5.41) is 4.34. The zero-order valence-electron chi connectivity index (χ0n) is 12.8. The van der Waals surface area contributed by atoms with Crippen molar-refractivity contribution in [2.75, 3.05) is 44.2 Å². The summed E-state index contributed by atoms with van der Waals surface area (Å²) in [6.45, 7) is 8.82. The smallest absolute Gasteiger partial charge is 0.361 e. The molecule has 118 valence electrons. The van der Waals surface area contributed by atoms with Crippen LogP contribution < -0.4 is 4.90 Å². The maximum Gasteiger partial charge on any atom is 0.361 e. The van der Waals surface area contributed by atoms with Crippen LogP contribution in [-0.4, -0.2) is 65.3 Å². The number of likely N-dealkylation sites (N-methyl/N-ethyl adjacent to an activating group) is 1. The number of hydrogen-bond acceptors (Lipinski definition) is 8. The number of piperazine rings is 1. The number of nitrogens with zero attached hydrogens (tertiary/aromatic N) is 5. The molecule has 22 heavy (non-hydrogen) atoms. The van der Waals surface area contributed by atoms with Crippen molar-refractivity contribution >= 4 is 22.9 Å². The van der Waals surface area contributed by atoms with Gasteiger partial charge in [-0.3, -0.25) is 0 Å². The summed E-state index contributed by atoms with van der Waals surface area (Å²) in [6.07, 6.45) is 1.43. The Labute approximate surface area is 128 Å². The van der Waals surface area contributed by atoms with Gasteiger partial charge >= 0.3 is 5.97 Å². The Morgan fingerprint density at radius 3 is 2.73 bits per heavy atom. The van der Waals surface area contributed by atoms with E-state index in [2.05, 4.69) is 31.8 Å². The lowest BCUT2D eigenvalue weighted by atomic mass is 10.2. The van der Waals surface area contributed by atoms with Crippen LogP contribution in [0.4, 0.5) is 5.82 Å². The lowest BCUT2D eigenvalue weighted by molar-refractivity contribution is 0.0517. The third-order valence-electron chi connectivity index (χ3n) is 3.84. The monoisotopic (exact) mass is 305 g/mol. The molecule has 0 N–H and O–H groups in total. The van der Waals surface area contributed by atoms with E-state index in [1.807, 2.05) is 0 Å². The molecule has 1 aliphatic rings. The molecule has 1 saturated heterocycles. The van der Waals surface area contributed by atoms with Gasteiger partial charge in [-0.25, -0.2) is 9.78 Å². The number of fused-ring (bicyclic) bond motifs is 1. The molecule has 0 saturated carbocycles. The van der Waals surface area contributed by atoms with E-state index in [1.165, 1.54) is 6.33 Å². The highest BCUT2D eigenvalue weighted by Crippen LogP contribution is 2.27. The summed E-state index contributed by atoms with van der Waals surface area (Å²) in [6, 6.07) is 0. The molecule has 3 heterocycles. The highest BCUT2D eigenvalue weighted by Gasteiger charge is 2.26. The lowest BCUT2D eigenvalue weighted by Crippen LogP contribution is -2.46. The average Bonchev–Trinajstić information content (AvgIpc) is 2.99. The van der Waals surface area contributed by atoms with Crippen molar-refractivity contribution < 1.29 is 14.1 Å². The van der Waals surface area contributed by atoms with E-state index in [9.17, 15) is 4.79 Å². The SMILES string of the molecule is CCOC(=O)c1noc2ncnc(N3CCN(CC)CC3)c12. The number of rotatable bonds is 4. The quantitative estimate of drug-likeness (QED) is 0.772. The highest BCUT2D eigenvalue weighted by atomic mass is 16.5. The van der Waals surface area contributed by atoms with Crippen LogP contribution in [0.25, 0.3) is 11.1 Å². The second kappa shape index (κ2) is 6.27. The van der Waals surface area contributed by atoms with Crippen LogP contribution in [-0.2, 0) is 4.74 Å². The Balaban J connectivity index is 1.95. The minimum Gasteiger partial charge on any atom is -0.461 e. The highest BCUT2D eigenvalue weighted by molar-refractivity contribution is 6.04. The third-order valence-corrected chi connectivity index (χ3v) is 3.84. The number of hydrogen-bond donors (Lipinski definition) is 0. The van der Waals surface area contributed by atoms with E-state index < -0.39 is 5.97 Å². The molecule has 0 radical (unpaired) electrons. The Bertz CT molecular complexity index is 664. The molecule has 0 unspecified atom stereocenters. The predicted molar refractivity (Wildman–Crippen MR) is 79.9 cm³/mol. The zero-order valence-corrected chi connectivity index (χ0v) is 12.8. The molecule has 0 spiro atoms. The van der Waals surface area contributed by atoms with Gasteiger partial charge in [0.05, 0.1) is 6.61 Å². The maximum atomic E-state index is 12.0. The minimum absolute atomic E-state index is 0.144. The van der Waals surface area contributed by atoms with Crippen molar-refractivity contribution in [3.05, 3.63) is 12.0 Å². The molecule has 0 aliphatic carbocycles. The van der Waals surface area contributed by atoms with Gasteiger partial charge in [0, 0.05) is 26.2 Å². The number of anilines is 1. The zero-order chi connectivity index (χ0) is 15.5. The Kier molecular flexibility index (Phi) is 4.19. The van der Waals surface area contributed by atoms with Crippen LogP contribution >= 0.6 is 0 Å². The summed E-state index contributed by atoms with van der Waals surface area (Å²) >= 11 is 0. The Morgan fingerprint density at radius 2 is 2.05 bits per heavy atom. The fourth-order valence-electron chi connectivity index (χ4n) is 2.63.